The van der Waals surface area contributed by atoms with Gasteiger partial charge < -0.3 is 10.0 Å². The zero-order chi connectivity index (χ0) is 16.6. The number of carboxylic acid groups (broad SMARTS) is 1. The molecule has 1 atom stereocenters. The van der Waals surface area contributed by atoms with E-state index in [0.29, 0.717) is 19.5 Å². The summed E-state index contributed by atoms with van der Waals surface area (Å²) in [6.45, 7) is 1.03. The van der Waals surface area contributed by atoms with Gasteiger partial charge >= 0.3 is 11.7 Å². The summed E-state index contributed by atoms with van der Waals surface area (Å²) in [5, 5.41) is 8.99. The lowest BCUT2D eigenvalue weighted by Gasteiger charge is -2.15. The smallest absolute Gasteiger partial charge is 0.328 e. The van der Waals surface area contributed by atoms with Gasteiger partial charge in [-0.2, -0.15) is 0 Å². The quantitative estimate of drug-likeness (QED) is 0.891. The minimum Gasteiger partial charge on any atom is -0.481 e. The Bertz CT molecular complexity index is 826. The number of fused-ring (bicyclic) bond motifs is 1. The molecule has 7 nitrogen and oxygen atoms in total. The molecule has 3 rings (SSSR count). The molecular formula is C16H20ClN3O4. The van der Waals surface area contributed by atoms with Gasteiger partial charge in [0.25, 0.3) is 0 Å². The standard InChI is InChI=1S/C16H19N3O4.ClH/c1-17-12-4-2-3-5-13(12)19(16(17)23)9-7-14(20)18-8-6-11(10-18)15(21)22;/h2-5,11H,6-10H2,1H3,(H,21,22);1H. The maximum atomic E-state index is 12.3. The zero-order valence-corrected chi connectivity index (χ0v) is 14.2. The number of hydrogen-bond donors (Lipinski definition) is 1. The average Bonchev–Trinajstić information content (AvgIpc) is 3.12. The van der Waals surface area contributed by atoms with E-state index in [9.17, 15) is 14.4 Å². The van der Waals surface area contributed by atoms with E-state index in [1.807, 2.05) is 24.3 Å². The molecule has 1 unspecified atom stereocenters. The lowest BCUT2D eigenvalue weighted by Crippen LogP contribution is -2.32. The molecule has 2 heterocycles. The molecule has 1 fully saturated rings. The number of rotatable bonds is 4. The molecule has 0 spiro atoms. The summed E-state index contributed by atoms with van der Waals surface area (Å²) in [6, 6.07) is 7.45. The molecule has 1 aromatic carbocycles. The van der Waals surface area contributed by atoms with Gasteiger partial charge in [-0.25, -0.2) is 4.79 Å². The third-order valence-corrected chi connectivity index (χ3v) is 4.49. The number of para-hydroxylation sites is 2. The molecule has 1 saturated heterocycles. The van der Waals surface area contributed by atoms with E-state index in [2.05, 4.69) is 0 Å². The Balaban J connectivity index is 0.00000208. The van der Waals surface area contributed by atoms with Gasteiger partial charge in [0.1, 0.15) is 0 Å². The number of likely N-dealkylation sites (tertiary alicyclic amines) is 1. The van der Waals surface area contributed by atoms with E-state index in [4.69, 9.17) is 5.11 Å². The van der Waals surface area contributed by atoms with Gasteiger partial charge in [-0.3, -0.25) is 18.7 Å². The van der Waals surface area contributed by atoms with Crippen LogP contribution in [0.4, 0.5) is 0 Å². The molecule has 130 valence electrons. The number of hydrogen-bond acceptors (Lipinski definition) is 3. The van der Waals surface area contributed by atoms with Crippen molar-refractivity contribution in [1.29, 1.82) is 0 Å². The van der Waals surface area contributed by atoms with E-state index in [1.165, 1.54) is 0 Å². The second-order valence-electron chi connectivity index (χ2n) is 5.90. The van der Waals surface area contributed by atoms with Crippen molar-refractivity contribution in [2.24, 2.45) is 13.0 Å². The number of carboxylic acids is 1. The summed E-state index contributed by atoms with van der Waals surface area (Å²) in [6.07, 6.45) is 0.690. The predicted octanol–water partition coefficient (Wildman–Crippen LogP) is 1.08. The van der Waals surface area contributed by atoms with E-state index >= 15 is 0 Å². The Morgan fingerprint density at radius 2 is 1.92 bits per heavy atom. The third-order valence-electron chi connectivity index (χ3n) is 4.49. The Labute approximate surface area is 144 Å². The largest absolute Gasteiger partial charge is 0.481 e. The lowest BCUT2D eigenvalue weighted by atomic mass is 10.1. The number of benzene rings is 1. The summed E-state index contributed by atoms with van der Waals surface area (Å²) in [4.78, 5) is 37.1. The first-order valence-corrected chi connectivity index (χ1v) is 7.64. The first-order chi connectivity index (χ1) is 11.0. The molecule has 1 amide bonds. The maximum Gasteiger partial charge on any atom is 0.328 e. The number of aliphatic carboxylic acids is 1. The SMILES string of the molecule is Cl.Cn1c(=O)n(CCC(=O)N2CCC(C(=O)O)C2)c2ccccc21. The Kier molecular flexibility index (Phi) is 5.33. The Morgan fingerprint density at radius 3 is 2.54 bits per heavy atom. The van der Waals surface area contributed by atoms with Gasteiger partial charge in [0.2, 0.25) is 5.91 Å². The fourth-order valence-corrected chi connectivity index (χ4v) is 3.13. The molecule has 0 bridgehead atoms. The van der Waals surface area contributed by atoms with Crippen LogP contribution >= 0.6 is 12.4 Å². The summed E-state index contributed by atoms with van der Waals surface area (Å²) in [5.74, 6) is -1.43. The van der Waals surface area contributed by atoms with Gasteiger partial charge in [0, 0.05) is 33.1 Å². The lowest BCUT2D eigenvalue weighted by molar-refractivity contribution is -0.141. The molecule has 1 aliphatic heterocycles. The van der Waals surface area contributed by atoms with Crippen LogP contribution in [-0.2, 0) is 23.2 Å². The van der Waals surface area contributed by atoms with Gasteiger partial charge in [0.15, 0.2) is 0 Å². The van der Waals surface area contributed by atoms with Crippen LogP contribution < -0.4 is 5.69 Å². The summed E-state index contributed by atoms with van der Waals surface area (Å²) in [5.41, 5.74) is 1.48. The Morgan fingerprint density at radius 1 is 1.25 bits per heavy atom. The van der Waals surface area contributed by atoms with E-state index in [0.717, 1.165) is 11.0 Å². The number of nitrogens with zero attached hydrogens (tertiary/aromatic N) is 3. The molecule has 0 radical (unpaired) electrons. The minimum atomic E-state index is -0.856. The van der Waals surface area contributed by atoms with Gasteiger partial charge in [0.05, 0.1) is 17.0 Å². The van der Waals surface area contributed by atoms with E-state index < -0.39 is 11.9 Å². The number of aryl methyl sites for hydroxylation is 2. The topological polar surface area (TPSA) is 84.5 Å². The molecule has 1 aromatic heterocycles. The molecule has 2 aromatic rings. The molecule has 0 aliphatic carbocycles. The van der Waals surface area contributed by atoms with Crippen molar-refractivity contribution >= 4 is 35.3 Å². The molecule has 1 aliphatic rings. The highest BCUT2D eigenvalue weighted by molar-refractivity contribution is 5.85. The van der Waals surface area contributed by atoms with Crippen molar-refractivity contribution in [3.05, 3.63) is 34.7 Å². The van der Waals surface area contributed by atoms with Crippen LogP contribution in [-0.4, -0.2) is 44.1 Å². The van der Waals surface area contributed by atoms with Crippen molar-refractivity contribution in [3.8, 4) is 0 Å². The van der Waals surface area contributed by atoms with Gasteiger partial charge in [-0.15, -0.1) is 12.4 Å². The summed E-state index contributed by atoms with van der Waals surface area (Å²) >= 11 is 0. The maximum absolute atomic E-state index is 12.3. The first kappa shape index (κ1) is 18.1. The normalized spacial score (nSPS) is 17.0. The number of halogens is 1. The van der Waals surface area contributed by atoms with Crippen LogP contribution in [0.5, 0.6) is 0 Å². The van der Waals surface area contributed by atoms with Crippen molar-refractivity contribution < 1.29 is 14.7 Å². The molecule has 24 heavy (non-hydrogen) atoms. The van der Waals surface area contributed by atoms with Crippen molar-refractivity contribution in [2.75, 3.05) is 13.1 Å². The number of carbonyl (C=O) groups excluding carboxylic acids is 1. The fourth-order valence-electron chi connectivity index (χ4n) is 3.13. The van der Waals surface area contributed by atoms with Crippen molar-refractivity contribution in [1.82, 2.24) is 14.0 Å². The fraction of sp³-hybridized carbons (Fsp3) is 0.438. The highest BCUT2D eigenvalue weighted by atomic mass is 35.5. The highest BCUT2D eigenvalue weighted by Gasteiger charge is 2.30. The van der Waals surface area contributed by atoms with Crippen LogP contribution in [0.15, 0.2) is 29.1 Å². The number of imidazole rings is 1. The third kappa shape index (κ3) is 3.17. The van der Waals surface area contributed by atoms with E-state index in [1.54, 1.807) is 21.1 Å². The van der Waals surface area contributed by atoms with Crippen LogP contribution in [0, 0.1) is 5.92 Å². The summed E-state index contributed by atoms with van der Waals surface area (Å²) in [7, 11) is 1.71. The number of aromatic nitrogens is 2. The van der Waals surface area contributed by atoms with E-state index in [-0.39, 0.29) is 37.0 Å². The highest BCUT2D eigenvalue weighted by Crippen LogP contribution is 2.18. The Hall–Kier alpha value is -2.28. The molecule has 0 saturated carbocycles. The van der Waals surface area contributed by atoms with Gasteiger partial charge in [-0.1, -0.05) is 12.1 Å². The molecular weight excluding hydrogens is 334 g/mol. The van der Waals surface area contributed by atoms with Gasteiger partial charge in [-0.05, 0) is 18.6 Å². The van der Waals surface area contributed by atoms with Crippen LogP contribution in [0.3, 0.4) is 0 Å². The molecule has 8 heteroatoms. The zero-order valence-electron chi connectivity index (χ0n) is 13.3. The summed E-state index contributed by atoms with van der Waals surface area (Å²) < 4.78 is 3.16. The van der Waals surface area contributed by atoms with Crippen LogP contribution in [0.25, 0.3) is 11.0 Å². The van der Waals surface area contributed by atoms with Crippen LogP contribution in [0.2, 0.25) is 0 Å². The van der Waals surface area contributed by atoms with Crippen molar-refractivity contribution in [3.63, 3.8) is 0 Å². The predicted molar refractivity (Wildman–Crippen MR) is 91.4 cm³/mol. The van der Waals surface area contributed by atoms with Crippen LogP contribution in [0.1, 0.15) is 12.8 Å². The number of carbonyl (C=O) groups is 2. The second kappa shape index (κ2) is 7.09. The monoisotopic (exact) mass is 353 g/mol. The molecule has 1 N–H and O–H groups in total. The average molecular weight is 354 g/mol. The first-order valence-electron chi connectivity index (χ1n) is 7.64. The number of amides is 1. The van der Waals surface area contributed by atoms with Crippen molar-refractivity contribution in [2.45, 2.75) is 19.4 Å². The second-order valence-corrected chi connectivity index (χ2v) is 5.90. The minimum absolute atomic E-state index is 0.